The fourth-order valence-electron chi connectivity index (χ4n) is 2.37. The van der Waals surface area contributed by atoms with Gasteiger partial charge in [-0.2, -0.15) is 11.8 Å². The number of aromatic nitrogens is 2. The first-order valence-corrected chi connectivity index (χ1v) is 8.38. The summed E-state index contributed by atoms with van der Waals surface area (Å²) in [4.78, 5) is 9.11. The molecule has 112 valence electrons. The van der Waals surface area contributed by atoms with Gasteiger partial charge in [-0.05, 0) is 26.0 Å². The third-order valence-electron chi connectivity index (χ3n) is 4.09. The van der Waals surface area contributed by atoms with Crippen LogP contribution in [-0.4, -0.2) is 27.5 Å². The van der Waals surface area contributed by atoms with E-state index in [0.29, 0.717) is 10.6 Å². The zero-order valence-corrected chi connectivity index (χ0v) is 13.6. The highest BCUT2D eigenvalue weighted by Gasteiger charge is 2.36. The first-order valence-electron chi connectivity index (χ1n) is 7.15. The van der Waals surface area contributed by atoms with E-state index in [-0.39, 0.29) is 5.92 Å². The van der Waals surface area contributed by atoms with Crippen LogP contribution in [0.25, 0.3) is 0 Å². The van der Waals surface area contributed by atoms with E-state index in [1.807, 2.05) is 18.7 Å². The number of thioether (sulfide) groups is 1. The molecule has 1 aromatic heterocycles. The quantitative estimate of drug-likeness (QED) is 0.553. The lowest BCUT2D eigenvalue weighted by molar-refractivity contribution is 0.379. The van der Waals surface area contributed by atoms with Gasteiger partial charge in [-0.1, -0.05) is 20.3 Å². The number of hydrogen-bond acceptors (Lipinski definition) is 6. The summed E-state index contributed by atoms with van der Waals surface area (Å²) < 4.78 is 0.381. The van der Waals surface area contributed by atoms with Crippen LogP contribution >= 0.6 is 11.8 Å². The zero-order valence-electron chi connectivity index (χ0n) is 12.8. The molecule has 6 heteroatoms. The van der Waals surface area contributed by atoms with Gasteiger partial charge >= 0.3 is 0 Å². The molecule has 1 aromatic rings. The Balaban J connectivity index is 2.19. The monoisotopic (exact) mass is 295 g/mol. The summed E-state index contributed by atoms with van der Waals surface area (Å²) in [5.74, 6) is 8.26. The van der Waals surface area contributed by atoms with Crippen molar-refractivity contribution < 1.29 is 0 Å². The summed E-state index contributed by atoms with van der Waals surface area (Å²) in [6, 6.07) is 0. The summed E-state index contributed by atoms with van der Waals surface area (Å²) in [6.45, 7) is 7.12. The smallest absolute Gasteiger partial charge is 0.148 e. The van der Waals surface area contributed by atoms with E-state index in [4.69, 9.17) is 5.84 Å². The molecule has 1 aliphatic rings. The van der Waals surface area contributed by atoms with E-state index >= 15 is 0 Å². The van der Waals surface area contributed by atoms with Crippen molar-refractivity contribution in [2.24, 2.45) is 5.84 Å². The molecule has 0 bridgehead atoms. The highest BCUT2D eigenvalue weighted by molar-refractivity contribution is 8.00. The SMILES string of the molecule is CSC1(CNc2nc(C(C)C)nc(NN)c2C)CCC1. The van der Waals surface area contributed by atoms with Crippen molar-refractivity contribution >= 4 is 23.4 Å². The standard InChI is InChI=1S/C14H25N5S/c1-9(2)11-17-12(10(3)13(18-11)19-15)16-8-14(20-4)6-5-7-14/h9H,5-8,15H2,1-4H3,(H2,16,17,18,19). The number of rotatable bonds is 6. The first-order chi connectivity index (χ1) is 9.51. The van der Waals surface area contributed by atoms with Crippen molar-refractivity contribution in [2.45, 2.75) is 50.7 Å². The number of nitrogens with two attached hydrogens (primary N) is 1. The molecule has 1 saturated carbocycles. The molecule has 0 unspecified atom stereocenters. The van der Waals surface area contributed by atoms with Gasteiger partial charge < -0.3 is 10.7 Å². The number of nitrogens with zero attached hydrogens (tertiary/aromatic N) is 2. The average molecular weight is 295 g/mol. The lowest BCUT2D eigenvalue weighted by atomic mass is 9.84. The van der Waals surface area contributed by atoms with Crippen LogP contribution in [0.3, 0.4) is 0 Å². The van der Waals surface area contributed by atoms with Crippen molar-refractivity contribution in [3.63, 3.8) is 0 Å². The van der Waals surface area contributed by atoms with E-state index in [1.165, 1.54) is 19.3 Å². The predicted octanol–water partition coefficient (Wildman–Crippen LogP) is 2.89. The normalized spacial score (nSPS) is 16.9. The molecule has 0 spiro atoms. The summed E-state index contributed by atoms with van der Waals surface area (Å²) in [5.41, 5.74) is 3.65. The minimum atomic E-state index is 0.279. The summed E-state index contributed by atoms with van der Waals surface area (Å²) in [7, 11) is 0. The molecule has 1 aliphatic carbocycles. The highest BCUT2D eigenvalue weighted by Crippen LogP contribution is 2.42. The van der Waals surface area contributed by atoms with Crippen LogP contribution < -0.4 is 16.6 Å². The molecular weight excluding hydrogens is 270 g/mol. The number of hydrazine groups is 1. The van der Waals surface area contributed by atoms with Crippen molar-refractivity contribution in [3.05, 3.63) is 11.4 Å². The van der Waals surface area contributed by atoms with Crippen LogP contribution in [0.15, 0.2) is 0 Å². The topological polar surface area (TPSA) is 75.9 Å². The fraction of sp³-hybridized carbons (Fsp3) is 0.714. The lowest BCUT2D eigenvalue weighted by Crippen LogP contribution is -2.40. The predicted molar refractivity (Wildman–Crippen MR) is 87.3 cm³/mol. The highest BCUT2D eigenvalue weighted by atomic mass is 32.2. The van der Waals surface area contributed by atoms with E-state index in [1.54, 1.807) is 0 Å². The largest absolute Gasteiger partial charge is 0.368 e. The molecule has 0 saturated heterocycles. The molecule has 5 nitrogen and oxygen atoms in total. The van der Waals surface area contributed by atoms with Crippen molar-refractivity contribution in [1.29, 1.82) is 0 Å². The number of hydrogen-bond donors (Lipinski definition) is 3. The maximum Gasteiger partial charge on any atom is 0.148 e. The van der Waals surface area contributed by atoms with Gasteiger partial charge in [-0.25, -0.2) is 15.8 Å². The second-order valence-corrected chi connectivity index (χ2v) is 7.07. The first kappa shape index (κ1) is 15.4. The average Bonchev–Trinajstić information content (AvgIpc) is 2.39. The molecule has 20 heavy (non-hydrogen) atoms. The Morgan fingerprint density at radius 3 is 2.40 bits per heavy atom. The van der Waals surface area contributed by atoms with Crippen LogP contribution in [0.2, 0.25) is 0 Å². The van der Waals surface area contributed by atoms with Crippen LogP contribution in [0.4, 0.5) is 11.6 Å². The van der Waals surface area contributed by atoms with Crippen LogP contribution in [0, 0.1) is 6.92 Å². The van der Waals surface area contributed by atoms with Gasteiger partial charge in [-0.15, -0.1) is 0 Å². The minimum Gasteiger partial charge on any atom is -0.368 e. The molecule has 1 heterocycles. The Morgan fingerprint density at radius 2 is 1.95 bits per heavy atom. The molecule has 1 fully saturated rings. The molecule has 2 rings (SSSR count). The van der Waals surface area contributed by atoms with Gasteiger partial charge in [0.05, 0.1) is 0 Å². The molecule has 0 atom stereocenters. The van der Waals surface area contributed by atoms with Gasteiger partial charge in [0.1, 0.15) is 17.5 Å². The Morgan fingerprint density at radius 1 is 1.30 bits per heavy atom. The summed E-state index contributed by atoms with van der Waals surface area (Å²) in [5, 5.41) is 3.51. The third kappa shape index (κ3) is 3.01. The Labute approximate surface area is 125 Å². The third-order valence-corrected chi connectivity index (χ3v) is 5.51. The van der Waals surface area contributed by atoms with E-state index in [2.05, 4.69) is 40.8 Å². The lowest BCUT2D eigenvalue weighted by Gasteiger charge is -2.40. The number of nitrogen functional groups attached to an aromatic ring is 1. The van der Waals surface area contributed by atoms with E-state index in [0.717, 1.165) is 23.8 Å². The van der Waals surface area contributed by atoms with E-state index in [9.17, 15) is 0 Å². The Hall–Kier alpha value is -1.01. The molecule has 0 radical (unpaired) electrons. The molecule has 0 amide bonds. The molecule has 4 N–H and O–H groups in total. The van der Waals surface area contributed by atoms with Gasteiger partial charge in [0.15, 0.2) is 0 Å². The van der Waals surface area contributed by atoms with Crippen molar-refractivity contribution in [3.8, 4) is 0 Å². The van der Waals surface area contributed by atoms with Crippen LogP contribution in [0.5, 0.6) is 0 Å². The molecule has 0 aliphatic heterocycles. The van der Waals surface area contributed by atoms with E-state index < -0.39 is 0 Å². The zero-order chi connectivity index (χ0) is 14.8. The fourth-order valence-corrected chi connectivity index (χ4v) is 3.29. The summed E-state index contributed by atoms with van der Waals surface area (Å²) in [6.07, 6.45) is 6.09. The van der Waals surface area contributed by atoms with Crippen molar-refractivity contribution in [2.75, 3.05) is 23.5 Å². The maximum atomic E-state index is 5.56. The Kier molecular flexibility index (Phi) is 4.75. The van der Waals surface area contributed by atoms with Crippen LogP contribution in [-0.2, 0) is 0 Å². The van der Waals surface area contributed by atoms with Gasteiger partial charge in [0.2, 0.25) is 0 Å². The molecule has 0 aromatic carbocycles. The number of nitrogens with one attached hydrogen (secondary N) is 2. The second kappa shape index (κ2) is 6.18. The maximum absolute atomic E-state index is 5.56. The molecular formula is C14H25N5S. The number of anilines is 2. The van der Waals surface area contributed by atoms with Gasteiger partial charge in [-0.3, -0.25) is 0 Å². The van der Waals surface area contributed by atoms with Gasteiger partial charge in [0.25, 0.3) is 0 Å². The van der Waals surface area contributed by atoms with Crippen molar-refractivity contribution in [1.82, 2.24) is 9.97 Å². The second-order valence-electron chi connectivity index (χ2n) is 5.80. The van der Waals surface area contributed by atoms with Crippen LogP contribution in [0.1, 0.15) is 50.4 Å². The minimum absolute atomic E-state index is 0.279. The Bertz CT molecular complexity index is 465. The van der Waals surface area contributed by atoms with Gasteiger partial charge in [0, 0.05) is 22.8 Å². The summed E-state index contributed by atoms with van der Waals surface area (Å²) >= 11 is 1.96.